The summed E-state index contributed by atoms with van der Waals surface area (Å²) >= 11 is 6.68. The van der Waals surface area contributed by atoms with E-state index in [1.807, 2.05) is 17.0 Å². The summed E-state index contributed by atoms with van der Waals surface area (Å²) in [5.41, 5.74) is 1.53. The number of carbonyl (C=O) groups is 3. The van der Waals surface area contributed by atoms with Gasteiger partial charge in [0, 0.05) is 32.8 Å². The van der Waals surface area contributed by atoms with Crippen LogP contribution < -0.4 is 24.3 Å². The molecule has 0 N–H and O–H groups in total. The number of pyridine rings is 1. The van der Waals surface area contributed by atoms with Crippen molar-refractivity contribution in [1.82, 2.24) is 4.98 Å². The maximum atomic E-state index is 13.9. The quantitative estimate of drug-likeness (QED) is 0.305. The standard InChI is InChI=1S/C32H31ClF3N5O4/c1-5-28(42)40-13-14-45-26-11-9-20(16-25(26)40)18-38(3)30-22(33)7-6-8-23(30)39(4)31(44)24-10-12-29(43)41(24)27-17-21(32(34,35)36)15-19(2)37-27/h5-9,11,15-17,24H,1,10,12-14,18H2,2-4H3. The lowest BCUT2D eigenvalue weighted by Crippen LogP contribution is -2.46. The van der Waals surface area contributed by atoms with Crippen LogP contribution in [-0.2, 0) is 27.1 Å². The molecule has 236 valence electrons. The van der Waals surface area contributed by atoms with Crippen molar-refractivity contribution in [2.24, 2.45) is 0 Å². The lowest BCUT2D eigenvalue weighted by atomic mass is 10.1. The number of carbonyl (C=O) groups excluding carboxylic acids is 3. The summed E-state index contributed by atoms with van der Waals surface area (Å²) in [6.07, 6.45) is -3.30. The Morgan fingerprint density at radius 2 is 1.93 bits per heavy atom. The van der Waals surface area contributed by atoms with E-state index in [0.29, 0.717) is 47.5 Å². The van der Waals surface area contributed by atoms with Gasteiger partial charge in [-0.2, -0.15) is 13.2 Å². The second kappa shape index (κ2) is 12.4. The van der Waals surface area contributed by atoms with Gasteiger partial charge in [0.2, 0.25) is 11.8 Å². The largest absolute Gasteiger partial charge is 0.490 e. The van der Waals surface area contributed by atoms with Crippen molar-refractivity contribution in [2.75, 3.05) is 46.8 Å². The van der Waals surface area contributed by atoms with E-state index in [-0.39, 0.29) is 30.3 Å². The van der Waals surface area contributed by atoms with Gasteiger partial charge in [-0.3, -0.25) is 19.3 Å². The van der Waals surface area contributed by atoms with Gasteiger partial charge in [-0.1, -0.05) is 30.3 Å². The molecule has 2 aliphatic heterocycles. The highest BCUT2D eigenvalue weighted by molar-refractivity contribution is 6.34. The summed E-state index contributed by atoms with van der Waals surface area (Å²) in [4.78, 5) is 49.3. The van der Waals surface area contributed by atoms with E-state index in [1.165, 1.54) is 24.9 Å². The summed E-state index contributed by atoms with van der Waals surface area (Å²) in [6.45, 7) is 6.07. The summed E-state index contributed by atoms with van der Waals surface area (Å²) in [5.74, 6) is -0.877. The van der Waals surface area contributed by atoms with Crippen LogP contribution in [0.4, 0.5) is 36.1 Å². The van der Waals surface area contributed by atoms with E-state index >= 15 is 0 Å². The van der Waals surface area contributed by atoms with E-state index in [9.17, 15) is 27.6 Å². The molecule has 0 aliphatic carbocycles. The molecule has 1 aromatic heterocycles. The number of para-hydroxylation sites is 1. The fourth-order valence-electron chi connectivity index (χ4n) is 5.69. The highest BCUT2D eigenvalue weighted by Crippen LogP contribution is 2.39. The first-order valence-electron chi connectivity index (χ1n) is 14.1. The third-order valence-corrected chi connectivity index (χ3v) is 8.10. The molecule has 2 aliphatic rings. The number of hydrogen-bond donors (Lipinski definition) is 0. The molecule has 0 radical (unpaired) electrons. The Morgan fingerprint density at radius 1 is 1.18 bits per heavy atom. The minimum Gasteiger partial charge on any atom is -0.490 e. The maximum absolute atomic E-state index is 13.9. The molecule has 2 aromatic carbocycles. The van der Waals surface area contributed by atoms with Crippen LogP contribution in [0.2, 0.25) is 5.02 Å². The molecule has 1 unspecified atom stereocenters. The molecular weight excluding hydrogens is 611 g/mol. The van der Waals surface area contributed by atoms with Crippen LogP contribution >= 0.6 is 11.6 Å². The molecule has 1 fully saturated rings. The van der Waals surface area contributed by atoms with Gasteiger partial charge in [0.25, 0.3) is 5.91 Å². The molecule has 9 nitrogen and oxygen atoms in total. The minimum absolute atomic E-state index is 0.0169. The number of ether oxygens (including phenoxy) is 1. The number of anilines is 4. The second-order valence-corrected chi connectivity index (χ2v) is 11.3. The fraction of sp³-hybridized carbons (Fsp3) is 0.312. The minimum atomic E-state index is -4.65. The predicted octanol–water partition coefficient (Wildman–Crippen LogP) is 5.77. The molecular formula is C32H31ClF3N5O4. The number of hydrogen-bond acceptors (Lipinski definition) is 6. The smallest absolute Gasteiger partial charge is 0.416 e. The SMILES string of the molecule is C=CC(=O)N1CCOc2ccc(CN(C)c3c(Cl)cccc3N(C)C(=O)C3CCC(=O)N3c3cc(C(F)(F)F)cc(C)n3)cc21. The van der Waals surface area contributed by atoms with Gasteiger partial charge in [-0.05, 0) is 61.4 Å². The average Bonchev–Trinajstić information content (AvgIpc) is 3.39. The van der Waals surface area contributed by atoms with E-state index in [1.54, 1.807) is 36.2 Å². The summed E-state index contributed by atoms with van der Waals surface area (Å²) in [7, 11) is 3.33. The number of fused-ring (bicyclic) bond motifs is 1. The molecule has 1 atom stereocenters. The maximum Gasteiger partial charge on any atom is 0.416 e. The molecule has 0 spiro atoms. The van der Waals surface area contributed by atoms with Gasteiger partial charge in [-0.25, -0.2) is 4.98 Å². The number of halogens is 4. The third-order valence-electron chi connectivity index (χ3n) is 7.80. The fourth-order valence-corrected chi connectivity index (χ4v) is 6.01. The molecule has 5 rings (SSSR count). The Kier molecular flexibility index (Phi) is 8.79. The van der Waals surface area contributed by atoms with Crippen LogP contribution in [0.25, 0.3) is 0 Å². The van der Waals surface area contributed by atoms with Crippen LogP contribution in [0.5, 0.6) is 5.75 Å². The summed E-state index contributed by atoms with van der Waals surface area (Å²) < 4.78 is 46.4. The van der Waals surface area contributed by atoms with Crippen molar-refractivity contribution < 1.29 is 32.3 Å². The van der Waals surface area contributed by atoms with Crippen LogP contribution in [0, 0.1) is 6.92 Å². The first-order chi connectivity index (χ1) is 21.3. The van der Waals surface area contributed by atoms with E-state index in [0.717, 1.165) is 22.6 Å². The highest BCUT2D eigenvalue weighted by Gasteiger charge is 2.41. The van der Waals surface area contributed by atoms with E-state index in [4.69, 9.17) is 16.3 Å². The molecule has 0 bridgehead atoms. The lowest BCUT2D eigenvalue weighted by molar-refractivity contribution is -0.137. The zero-order chi connectivity index (χ0) is 32.6. The topological polar surface area (TPSA) is 86.3 Å². The lowest BCUT2D eigenvalue weighted by Gasteiger charge is -2.32. The average molecular weight is 642 g/mol. The number of nitrogens with zero attached hydrogens (tertiary/aromatic N) is 5. The molecule has 0 saturated carbocycles. The van der Waals surface area contributed by atoms with E-state index < -0.39 is 29.6 Å². The number of rotatable bonds is 7. The van der Waals surface area contributed by atoms with E-state index in [2.05, 4.69) is 11.6 Å². The van der Waals surface area contributed by atoms with Gasteiger partial charge < -0.3 is 19.4 Å². The third kappa shape index (κ3) is 6.32. The Hall–Kier alpha value is -4.58. The molecule has 45 heavy (non-hydrogen) atoms. The molecule has 13 heteroatoms. The van der Waals surface area contributed by atoms with Crippen LogP contribution in [0.1, 0.15) is 29.7 Å². The first-order valence-corrected chi connectivity index (χ1v) is 14.5. The van der Waals surface area contributed by atoms with Gasteiger partial charge in [0.15, 0.2) is 0 Å². The molecule has 3 heterocycles. The molecule has 1 saturated heterocycles. The number of benzene rings is 2. The zero-order valence-corrected chi connectivity index (χ0v) is 25.7. The van der Waals surface area contributed by atoms with Gasteiger partial charge in [0.05, 0.1) is 34.2 Å². The summed E-state index contributed by atoms with van der Waals surface area (Å²) in [6, 6.07) is 11.2. The zero-order valence-electron chi connectivity index (χ0n) is 24.9. The van der Waals surface area contributed by atoms with Crippen LogP contribution in [0.3, 0.4) is 0 Å². The summed E-state index contributed by atoms with van der Waals surface area (Å²) in [5, 5.41) is 0.355. The number of aryl methyl sites for hydroxylation is 1. The second-order valence-electron chi connectivity index (χ2n) is 10.9. The Bertz CT molecular complexity index is 1680. The monoisotopic (exact) mass is 641 g/mol. The van der Waals surface area contributed by atoms with Gasteiger partial charge in [0.1, 0.15) is 24.2 Å². The Balaban J connectivity index is 1.43. The van der Waals surface area contributed by atoms with Crippen molar-refractivity contribution in [3.8, 4) is 5.75 Å². The van der Waals surface area contributed by atoms with Gasteiger partial charge >= 0.3 is 6.18 Å². The van der Waals surface area contributed by atoms with Gasteiger partial charge in [-0.15, -0.1) is 0 Å². The predicted molar refractivity (Wildman–Crippen MR) is 166 cm³/mol. The first kappa shape index (κ1) is 31.8. The molecule has 3 amide bonds. The van der Waals surface area contributed by atoms with Crippen LogP contribution in [0.15, 0.2) is 61.2 Å². The van der Waals surface area contributed by atoms with Crippen molar-refractivity contribution in [1.29, 1.82) is 0 Å². The Labute approximate surface area is 263 Å². The number of aromatic nitrogens is 1. The normalized spacial score (nSPS) is 16.2. The van der Waals surface area contributed by atoms with Crippen molar-refractivity contribution in [3.05, 3.63) is 83.0 Å². The number of amides is 3. The number of alkyl halides is 3. The van der Waals surface area contributed by atoms with Crippen molar-refractivity contribution in [2.45, 2.75) is 38.5 Å². The number of likely N-dealkylation sites (N-methyl/N-ethyl adjacent to an activating group) is 1. The van der Waals surface area contributed by atoms with Crippen LogP contribution in [-0.4, -0.2) is 56.0 Å². The van der Waals surface area contributed by atoms with Crippen molar-refractivity contribution in [3.63, 3.8) is 0 Å². The Morgan fingerprint density at radius 3 is 2.64 bits per heavy atom. The highest BCUT2D eigenvalue weighted by atomic mass is 35.5. The molecule has 3 aromatic rings. The van der Waals surface area contributed by atoms with Crippen molar-refractivity contribution >= 4 is 52.2 Å².